The SMILES string of the molecule is CN1C(=O)CC(=O)N(C)C2CCCCC21. The third-order valence-corrected chi connectivity index (χ3v) is 3.78. The number of hydrogen-bond donors (Lipinski definition) is 0. The second-order valence-electron chi connectivity index (χ2n) is 4.61. The Bertz CT molecular complexity index is 262. The van der Waals surface area contributed by atoms with Crippen LogP contribution in [0.3, 0.4) is 0 Å². The minimum Gasteiger partial charge on any atom is -0.340 e. The number of likely N-dealkylation sites (N-methyl/N-ethyl adjacent to an activating group) is 2. The Labute approximate surface area is 90.2 Å². The number of rotatable bonds is 0. The van der Waals surface area contributed by atoms with Gasteiger partial charge in [0.1, 0.15) is 6.42 Å². The van der Waals surface area contributed by atoms with E-state index in [1.807, 2.05) is 14.1 Å². The molecule has 2 fully saturated rings. The fourth-order valence-corrected chi connectivity index (χ4v) is 2.74. The van der Waals surface area contributed by atoms with Crippen molar-refractivity contribution in [3.8, 4) is 0 Å². The van der Waals surface area contributed by atoms with Crippen LogP contribution in [0.1, 0.15) is 32.1 Å². The summed E-state index contributed by atoms with van der Waals surface area (Å²) < 4.78 is 0. The van der Waals surface area contributed by atoms with Crippen molar-refractivity contribution in [1.29, 1.82) is 0 Å². The van der Waals surface area contributed by atoms with E-state index < -0.39 is 0 Å². The summed E-state index contributed by atoms with van der Waals surface area (Å²) in [6, 6.07) is 0.477. The van der Waals surface area contributed by atoms with Crippen molar-refractivity contribution >= 4 is 11.8 Å². The molecule has 0 bridgehead atoms. The van der Waals surface area contributed by atoms with Crippen LogP contribution in [0.25, 0.3) is 0 Å². The standard InChI is InChI=1S/C11H18N2O2/c1-12-8-5-3-4-6-9(8)13(2)11(15)7-10(12)14/h8-9H,3-7H2,1-2H3. The first kappa shape index (κ1) is 10.5. The Balaban J connectivity index is 2.27. The highest BCUT2D eigenvalue weighted by molar-refractivity contribution is 5.97. The maximum Gasteiger partial charge on any atom is 0.232 e. The molecule has 0 aromatic heterocycles. The number of hydrogen-bond acceptors (Lipinski definition) is 2. The average Bonchev–Trinajstić information content (AvgIpc) is 2.33. The number of nitrogens with zero attached hydrogens (tertiary/aromatic N) is 2. The van der Waals surface area contributed by atoms with Crippen LogP contribution >= 0.6 is 0 Å². The Morgan fingerprint density at radius 3 is 1.73 bits per heavy atom. The Morgan fingerprint density at radius 2 is 1.33 bits per heavy atom. The number of amides is 2. The van der Waals surface area contributed by atoms with Crippen LogP contribution in [0.2, 0.25) is 0 Å². The van der Waals surface area contributed by atoms with E-state index in [0.29, 0.717) is 0 Å². The van der Waals surface area contributed by atoms with Gasteiger partial charge in [-0.05, 0) is 12.8 Å². The van der Waals surface area contributed by atoms with E-state index >= 15 is 0 Å². The summed E-state index contributed by atoms with van der Waals surface area (Å²) >= 11 is 0. The van der Waals surface area contributed by atoms with Gasteiger partial charge in [0.15, 0.2) is 0 Å². The van der Waals surface area contributed by atoms with E-state index in [9.17, 15) is 9.59 Å². The predicted molar refractivity (Wildman–Crippen MR) is 56.2 cm³/mol. The van der Waals surface area contributed by atoms with Crippen molar-refractivity contribution < 1.29 is 9.59 Å². The van der Waals surface area contributed by atoms with Gasteiger partial charge < -0.3 is 9.80 Å². The molecule has 1 saturated heterocycles. The zero-order valence-electron chi connectivity index (χ0n) is 9.40. The van der Waals surface area contributed by atoms with Gasteiger partial charge in [-0.2, -0.15) is 0 Å². The molecular formula is C11H18N2O2. The van der Waals surface area contributed by atoms with Gasteiger partial charge in [-0.1, -0.05) is 12.8 Å². The third-order valence-electron chi connectivity index (χ3n) is 3.78. The molecule has 2 aliphatic rings. The quantitative estimate of drug-likeness (QED) is 0.550. The lowest BCUT2D eigenvalue weighted by Gasteiger charge is -2.39. The van der Waals surface area contributed by atoms with Crippen molar-refractivity contribution in [3.05, 3.63) is 0 Å². The fourth-order valence-electron chi connectivity index (χ4n) is 2.74. The Hall–Kier alpha value is -1.06. The molecule has 0 spiro atoms. The van der Waals surface area contributed by atoms with Gasteiger partial charge in [-0.3, -0.25) is 9.59 Å². The maximum absolute atomic E-state index is 11.7. The van der Waals surface area contributed by atoms with Crippen molar-refractivity contribution in [3.63, 3.8) is 0 Å². The summed E-state index contributed by atoms with van der Waals surface area (Å²) in [6.45, 7) is 0. The first-order valence-electron chi connectivity index (χ1n) is 5.62. The second kappa shape index (κ2) is 3.83. The van der Waals surface area contributed by atoms with E-state index in [4.69, 9.17) is 0 Å². The van der Waals surface area contributed by atoms with Crippen molar-refractivity contribution in [2.75, 3.05) is 14.1 Å². The summed E-state index contributed by atoms with van der Waals surface area (Å²) in [5, 5.41) is 0. The molecule has 1 aliphatic carbocycles. The molecule has 84 valence electrons. The molecule has 15 heavy (non-hydrogen) atoms. The number of carbonyl (C=O) groups is 2. The molecule has 2 rings (SSSR count). The first-order chi connectivity index (χ1) is 7.11. The van der Waals surface area contributed by atoms with Gasteiger partial charge in [-0.15, -0.1) is 0 Å². The molecule has 1 heterocycles. The van der Waals surface area contributed by atoms with Gasteiger partial charge in [0, 0.05) is 14.1 Å². The monoisotopic (exact) mass is 210 g/mol. The molecule has 2 atom stereocenters. The molecule has 4 nitrogen and oxygen atoms in total. The van der Waals surface area contributed by atoms with E-state index in [2.05, 4.69) is 0 Å². The van der Waals surface area contributed by atoms with Crippen LogP contribution in [0.4, 0.5) is 0 Å². The minimum atomic E-state index is -0.0266. The van der Waals surface area contributed by atoms with Gasteiger partial charge in [0.05, 0.1) is 12.1 Å². The summed E-state index contributed by atoms with van der Waals surface area (Å²) in [5.74, 6) is -0.0532. The van der Waals surface area contributed by atoms with Gasteiger partial charge in [0.25, 0.3) is 0 Å². The van der Waals surface area contributed by atoms with E-state index in [1.165, 1.54) is 12.8 Å². The first-order valence-corrected chi connectivity index (χ1v) is 5.62. The fraction of sp³-hybridized carbons (Fsp3) is 0.818. The van der Waals surface area contributed by atoms with Gasteiger partial charge in [-0.25, -0.2) is 0 Å². The van der Waals surface area contributed by atoms with E-state index in [1.54, 1.807) is 9.80 Å². The van der Waals surface area contributed by atoms with Crippen LogP contribution in [0.5, 0.6) is 0 Å². The molecule has 1 saturated carbocycles. The minimum absolute atomic E-state index is 0.0266. The lowest BCUT2D eigenvalue weighted by Crippen LogP contribution is -2.50. The average molecular weight is 210 g/mol. The molecule has 4 heteroatoms. The largest absolute Gasteiger partial charge is 0.340 e. The summed E-state index contributed by atoms with van der Waals surface area (Å²) in [7, 11) is 3.66. The van der Waals surface area contributed by atoms with E-state index in [-0.39, 0.29) is 30.3 Å². The highest BCUT2D eigenvalue weighted by Gasteiger charge is 2.38. The topological polar surface area (TPSA) is 40.6 Å². The normalized spacial score (nSPS) is 32.7. The Morgan fingerprint density at radius 1 is 0.933 bits per heavy atom. The predicted octanol–water partition coefficient (Wildman–Crippen LogP) is 0.618. The van der Waals surface area contributed by atoms with Crippen molar-refractivity contribution in [1.82, 2.24) is 9.80 Å². The molecule has 2 amide bonds. The second-order valence-corrected chi connectivity index (χ2v) is 4.61. The smallest absolute Gasteiger partial charge is 0.232 e. The highest BCUT2D eigenvalue weighted by atomic mass is 16.2. The summed E-state index contributed by atoms with van der Waals surface area (Å²) in [4.78, 5) is 27.0. The summed E-state index contributed by atoms with van der Waals surface area (Å²) in [5.41, 5.74) is 0. The zero-order valence-corrected chi connectivity index (χ0v) is 9.40. The van der Waals surface area contributed by atoms with Crippen LogP contribution in [0.15, 0.2) is 0 Å². The van der Waals surface area contributed by atoms with E-state index in [0.717, 1.165) is 12.8 Å². The highest BCUT2D eigenvalue weighted by Crippen LogP contribution is 2.28. The molecular weight excluding hydrogens is 192 g/mol. The zero-order chi connectivity index (χ0) is 11.0. The lowest BCUT2D eigenvalue weighted by atomic mass is 9.89. The molecule has 0 aromatic rings. The van der Waals surface area contributed by atoms with Crippen LogP contribution in [-0.2, 0) is 9.59 Å². The molecule has 2 unspecified atom stereocenters. The van der Waals surface area contributed by atoms with Crippen LogP contribution < -0.4 is 0 Å². The summed E-state index contributed by atoms with van der Waals surface area (Å²) in [6.07, 6.45) is 4.44. The van der Waals surface area contributed by atoms with Crippen LogP contribution in [0, 0.1) is 0 Å². The number of carbonyl (C=O) groups excluding carboxylic acids is 2. The van der Waals surface area contributed by atoms with Crippen molar-refractivity contribution in [2.45, 2.75) is 44.2 Å². The number of fused-ring (bicyclic) bond motifs is 1. The Kier molecular flexibility index (Phi) is 2.67. The van der Waals surface area contributed by atoms with Crippen LogP contribution in [-0.4, -0.2) is 47.8 Å². The molecule has 1 aliphatic heterocycles. The van der Waals surface area contributed by atoms with Gasteiger partial charge in [0.2, 0.25) is 11.8 Å². The third kappa shape index (κ3) is 1.73. The molecule has 0 aromatic carbocycles. The lowest BCUT2D eigenvalue weighted by molar-refractivity contribution is -0.136. The maximum atomic E-state index is 11.7. The molecule has 0 N–H and O–H groups in total. The van der Waals surface area contributed by atoms with Crippen molar-refractivity contribution in [2.24, 2.45) is 0 Å². The molecule has 0 radical (unpaired) electrons. The van der Waals surface area contributed by atoms with Gasteiger partial charge >= 0.3 is 0 Å².